The van der Waals surface area contributed by atoms with Crippen LogP contribution >= 0.6 is 35.1 Å². The Morgan fingerprint density at radius 1 is 1.42 bits per heavy atom. The fourth-order valence-electron chi connectivity index (χ4n) is 3.51. The molecule has 1 saturated heterocycles. The summed E-state index contributed by atoms with van der Waals surface area (Å²) < 4.78 is 1.47. The first-order valence-corrected chi connectivity index (χ1v) is 12.9. The number of aromatic hydroxyl groups is 1. The number of tetrazole rings is 1. The van der Waals surface area contributed by atoms with Gasteiger partial charge in [-0.2, -0.15) is 0 Å². The molecule has 16 heteroatoms. The molecule has 3 N–H and O–H groups in total. The predicted octanol–water partition coefficient (Wildman–Crippen LogP) is 0.841. The lowest BCUT2D eigenvalue weighted by atomic mass is 10.0. The number of rotatable bonds is 9. The SMILES string of the molecule is CCO/N=C(\C(=O)NC1C(=O)N2C(C(=O)O)=C(CSc3nnnn3C)CS[C@H]12)c1ccc(O)c(Cl)c1. The lowest BCUT2D eigenvalue weighted by molar-refractivity contribution is -0.150. The molecule has 1 aromatic heterocycles. The molecule has 0 saturated carbocycles. The zero-order valence-corrected chi connectivity index (χ0v) is 21.3. The molecule has 0 radical (unpaired) electrons. The van der Waals surface area contributed by atoms with Crippen molar-refractivity contribution in [2.24, 2.45) is 12.2 Å². The number of thioether (sulfide) groups is 2. The average molecular weight is 554 g/mol. The van der Waals surface area contributed by atoms with E-state index < -0.39 is 29.2 Å². The maximum atomic E-state index is 13.1. The van der Waals surface area contributed by atoms with E-state index in [0.717, 1.165) is 0 Å². The van der Waals surface area contributed by atoms with Crippen molar-refractivity contribution in [3.8, 4) is 5.75 Å². The van der Waals surface area contributed by atoms with Crippen molar-refractivity contribution in [3.05, 3.63) is 40.1 Å². The molecule has 1 fully saturated rings. The number of halogens is 1. The number of carbonyl (C=O) groups is 3. The number of β-lactam (4-membered cyclic amide) rings is 1. The Morgan fingerprint density at radius 2 is 2.19 bits per heavy atom. The van der Waals surface area contributed by atoms with Gasteiger partial charge in [-0.15, -0.1) is 16.9 Å². The maximum absolute atomic E-state index is 13.1. The number of carbonyl (C=O) groups excluding carboxylic acids is 2. The number of hydrogen-bond acceptors (Lipinski definition) is 11. The number of hydrogen-bond donors (Lipinski definition) is 3. The topological polar surface area (TPSA) is 172 Å². The summed E-state index contributed by atoms with van der Waals surface area (Å²) in [6.45, 7) is 1.88. The molecule has 0 bridgehead atoms. The van der Waals surface area contributed by atoms with Crippen LogP contribution in [0, 0.1) is 0 Å². The van der Waals surface area contributed by atoms with Crippen LogP contribution in [0.15, 0.2) is 39.8 Å². The van der Waals surface area contributed by atoms with Gasteiger partial charge >= 0.3 is 5.97 Å². The summed E-state index contributed by atoms with van der Waals surface area (Å²) in [6.07, 6.45) is 0. The number of aromatic nitrogens is 4. The van der Waals surface area contributed by atoms with Crippen LogP contribution in [0.2, 0.25) is 5.02 Å². The van der Waals surface area contributed by atoms with E-state index in [-0.39, 0.29) is 40.1 Å². The molecule has 36 heavy (non-hydrogen) atoms. The minimum Gasteiger partial charge on any atom is -0.506 e. The number of benzene rings is 1. The highest BCUT2D eigenvalue weighted by atomic mass is 35.5. The van der Waals surface area contributed by atoms with Crippen molar-refractivity contribution < 1.29 is 29.4 Å². The number of phenolic OH excluding ortho intramolecular Hbond substituents is 1. The smallest absolute Gasteiger partial charge is 0.352 e. The van der Waals surface area contributed by atoms with E-state index >= 15 is 0 Å². The fourth-order valence-corrected chi connectivity index (χ4v) is 6.02. The van der Waals surface area contributed by atoms with Crippen molar-refractivity contribution in [2.45, 2.75) is 23.5 Å². The Morgan fingerprint density at radius 3 is 2.83 bits per heavy atom. The van der Waals surface area contributed by atoms with Gasteiger partial charge in [-0.25, -0.2) is 9.48 Å². The van der Waals surface area contributed by atoms with Crippen molar-refractivity contribution in [1.82, 2.24) is 30.4 Å². The van der Waals surface area contributed by atoms with Crippen molar-refractivity contribution in [3.63, 3.8) is 0 Å². The molecule has 2 aromatic rings. The summed E-state index contributed by atoms with van der Waals surface area (Å²) in [5, 5.41) is 37.1. The second-order valence-corrected chi connectivity index (χ2v) is 9.97. The van der Waals surface area contributed by atoms with E-state index in [9.17, 15) is 24.6 Å². The maximum Gasteiger partial charge on any atom is 0.352 e. The Hall–Kier alpha value is -3.30. The van der Waals surface area contributed by atoms with Crippen molar-refractivity contribution in [1.29, 1.82) is 0 Å². The summed E-state index contributed by atoms with van der Waals surface area (Å²) in [4.78, 5) is 44.3. The summed E-state index contributed by atoms with van der Waals surface area (Å²) in [5.74, 6) is -2.04. The standard InChI is InChI=1S/C20H20ClN7O6S2/c1-3-34-24-13(9-4-5-12(29)11(21)6-9)16(30)22-14-17(31)28-15(19(32)33)10(7-35-18(14)28)8-36-20-23-25-26-27(20)2/h4-6,14,18,29H,3,7-8H2,1-2H3,(H,22,30)(H,32,33)/b24-13-/t14?,18-/m1/s1. The number of fused-ring (bicyclic) bond motifs is 1. The summed E-state index contributed by atoms with van der Waals surface area (Å²) >= 11 is 8.56. The number of aliphatic carboxylic acids is 1. The van der Waals surface area contributed by atoms with Gasteiger partial charge in [0, 0.05) is 24.1 Å². The highest BCUT2D eigenvalue weighted by Gasteiger charge is 2.54. The third-order valence-electron chi connectivity index (χ3n) is 5.21. The van der Waals surface area contributed by atoms with Gasteiger partial charge in [0.25, 0.3) is 11.8 Å². The minimum atomic E-state index is -1.23. The van der Waals surface area contributed by atoms with Crippen molar-refractivity contribution in [2.75, 3.05) is 18.1 Å². The van der Waals surface area contributed by atoms with Crippen LogP contribution in [-0.2, 0) is 26.3 Å². The molecular weight excluding hydrogens is 534 g/mol. The van der Waals surface area contributed by atoms with E-state index in [4.69, 9.17) is 16.4 Å². The van der Waals surface area contributed by atoms with Crippen LogP contribution in [0.3, 0.4) is 0 Å². The quantitative estimate of drug-likeness (QED) is 0.174. The number of aryl methyl sites for hydroxylation is 1. The second kappa shape index (κ2) is 10.8. The van der Waals surface area contributed by atoms with E-state index in [1.54, 1.807) is 14.0 Å². The van der Waals surface area contributed by atoms with Crippen LogP contribution < -0.4 is 5.32 Å². The molecule has 0 aliphatic carbocycles. The molecule has 13 nitrogen and oxygen atoms in total. The third-order valence-corrected chi connectivity index (χ3v) is 7.95. The number of carboxylic acids is 1. The molecule has 0 spiro atoms. The van der Waals surface area contributed by atoms with Crippen LogP contribution in [0.5, 0.6) is 5.75 Å². The fraction of sp³-hybridized carbons (Fsp3) is 0.350. The molecule has 3 heterocycles. The Balaban J connectivity index is 1.51. The lowest BCUT2D eigenvalue weighted by Crippen LogP contribution is -2.71. The first-order valence-electron chi connectivity index (χ1n) is 10.5. The zero-order valence-electron chi connectivity index (χ0n) is 18.9. The Bertz CT molecular complexity index is 1280. The monoisotopic (exact) mass is 553 g/mol. The number of amides is 2. The zero-order chi connectivity index (χ0) is 26.0. The van der Waals surface area contributed by atoms with Crippen LogP contribution in [0.4, 0.5) is 0 Å². The van der Waals surface area contributed by atoms with Gasteiger partial charge in [0.05, 0.1) is 5.02 Å². The molecule has 190 valence electrons. The normalized spacial score (nSPS) is 19.6. The number of phenols is 1. The average Bonchev–Trinajstić information content (AvgIpc) is 3.27. The molecule has 1 aromatic carbocycles. The van der Waals surface area contributed by atoms with Gasteiger partial charge < -0.3 is 20.4 Å². The first-order chi connectivity index (χ1) is 17.2. The largest absolute Gasteiger partial charge is 0.506 e. The third kappa shape index (κ3) is 4.99. The second-order valence-electron chi connectivity index (χ2n) is 7.52. The van der Waals surface area contributed by atoms with Crippen LogP contribution in [0.25, 0.3) is 0 Å². The molecule has 2 aliphatic heterocycles. The molecule has 2 amide bonds. The van der Waals surface area contributed by atoms with E-state index in [1.807, 2.05) is 0 Å². The number of nitrogens with zero attached hydrogens (tertiary/aromatic N) is 6. The van der Waals surface area contributed by atoms with Gasteiger partial charge in [0.2, 0.25) is 5.16 Å². The summed E-state index contributed by atoms with van der Waals surface area (Å²) in [6, 6.07) is 3.12. The van der Waals surface area contributed by atoms with Gasteiger partial charge in [-0.1, -0.05) is 28.5 Å². The molecule has 1 unspecified atom stereocenters. The van der Waals surface area contributed by atoms with Gasteiger partial charge in [-0.05, 0) is 41.1 Å². The van der Waals surface area contributed by atoms with Gasteiger partial charge in [0.1, 0.15) is 29.5 Å². The Kier molecular flexibility index (Phi) is 7.70. The summed E-state index contributed by atoms with van der Waals surface area (Å²) in [7, 11) is 1.67. The van der Waals surface area contributed by atoms with Crippen molar-refractivity contribution >= 4 is 58.6 Å². The predicted molar refractivity (Wildman–Crippen MR) is 130 cm³/mol. The van der Waals surface area contributed by atoms with E-state index in [0.29, 0.717) is 16.5 Å². The number of nitrogens with one attached hydrogen (secondary N) is 1. The number of oxime groups is 1. The number of carboxylic acid groups (broad SMARTS) is 1. The molecule has 2 atom stereocenters. The molecule has 4 rings (SSSR count). The van der Waals surface area contributed by atoms with E-state index in [1.165, 1.54) is 51.3 Å². The minimum absolute atomic E-state index is 0.0111. The Labute approximate surface area is 217 Å². The van der Waals surface area contributed by atoms with E-state index in [2.05, 4.69) is 26.0 Å². The highest BCUT2D eigenvalue weighted by Crippen LogP contribution is 2.41. The van der Waals surface area contributed by atoms with Gasteiger partial charge in [0.15, 0.2) is 5.71 Å². The lowest BCUT2D eigenvalue weighted by Gasteiger charge is -2.49. The first kappa shape index (κ1) is 25.8. The summed E-state index contributed by atoms with van der Waals surface area (Å²) in [5.41, 5.74) is 0.569. The highest BCUT2D eigenvalue weighted by molar-refractivity contribution is 8.01. The molecule has 2 aliphatic rings. The van der Waals surface area contributed by atoms with Crippen LogP contribution in [-0.4, -0.2) is 88.3 Å². The van der Waals surface area contributed by atoms with Crippen LogP contribution in [0.1, 0.15) is 12.5 Å². The van der Waals surface area contributed by atoms with Gasteiger partial charge in [-0.3, -0.25) is 14.5 Å². The molecular formula is C20H20ClN7O6S2.